The van der Waals surface area contributed by atoms with Gasteiger partial charge in [0.1, 0.15) is 5.82 Å². The van der Waals surface area contributed by atoms with Gasteiger partial charge in [-0.25, -0.2) is 9.37 Å². The zero-order valence-corrected chi connectivity index (χ0v) is 9.78. The Balaban J connectivity index is 1.90. The van der Waals surface area contributed by atoms with E-state index in [1.54, 1.807) is 6.20 Å². The third kappa shape index (κ3) is 2.13. The van der Waals surface area contributed by atoms with Crippen molar-refractivity contribution in [2.24, 2.45) is 0 Å². The Kier molecular flexibility index (Phi) is 2.52. The van der Waals surface area contributed by atoms with Gasteiger partial charge < -0.3 is 9.88 Å². The van der Waals surface area contributed by atoms with Crippen LogP contribution in [0, 0.1) is 5.82 Å². The number of halogens is 2. The number of imidazole rings is 1. The van der Waals surface area contributed by atoms with Crippen molar-refractivity contribution < 1.29 is 4.39 Å². The lowest BCUT2D eigenvalue weighted by molar-refractivity contribution is 0.628. The van der Waals surface area contributed by atoms with Gasteiger partial charge in [-0.1, -0.05) is 11.6 Å². The monoisotopic (exact) mass is 251 g/mol. The van der Waals surface area contributed by atoms with Crippen molar-refractivity contribution in [2.45, 2.75) is 18.9 Å². The summed E-state index contributed by atoms with van der Waals surface area (Å²) in [5.74, 6) is 0.390. The summed E-state index contributed by atoms with van der Waals surface area (Å²) in [7, 11) is 0. The maximum absolute atomic E-state index is 13.1. The third-order valence-corrected chi connectivity index (χ3v) is 3.11. The zero-order valence-electron chi connectivity index (χ0n) is 9.03. The summed E-state index contributed by atoms with van der Waals surface area (Å²) in [4.78, 5) is 4.21. The molecule has 1 heterocycles. The fraction of sp³-hybridized carbons (Fsp3) is 0.250. The quantitative estimate of drug-likeness (QED) is 0.900. The summed E-state index contributed by atoms with van der Waals surface area (Å²) >= 11 is 5.99. The lowest BCUT2D eigenvalue weighted by atomic mass is 10.3. The van der Waals surface area contributed by atoms with E-state index in [0.717, 1.165) is 0 Å². The molecule has 1 aliphatic rings. The number of nitrogens with zero attached hydrogens (tertiary/aromatic N) is 2. The molecule has 5 heteroatoms. The molecule has 1 N–H and O–H groups in total. The van der Waals surface area contributed by atoms with E-state index in [-0.39, 0.29) is 5.82 Å². The number of anilines is 2. The lowest BCUT2D eigenvalue weighted by Gasteiger charge is -2.10. The molecule has 1 aromatic carbocycles. The van der Waals surface area contributed by atoms with Gasteiger partial charge in [0.05, 0.1) is 10.7 Å². The maximum atomic E-state index is 13.1. The number of benzene rings is 1. The first-order valence-corrected chi connectivity index (χ1v) is 5.87. The Morgan fingerprint density at radius 1 is 1.41 bits per heavy atom. The molecule has 3 nitrogen and oxygen atoms in total. The molecule has 1 aromatic heterocycles. The minimum absolute atomic E-state index is 0.318. The predicted octanol–water partition coefficient (Wildman–Crippen LogP) is 3.75. The van der Waals surface area contributed by atoms with Crippen molar-refractivity contribution in [1.82, 2.24) is 9.55 Å². The molecule has 17 heavy (non-hydrogen) atoms. The van der Waals surface area contributed by atoms with Gasteiger partial charge in [0.15, 0.2) is 0 Å². The number of hydrogen-bond acceptors (Lipinski definition) is 2. The lowest BCUT2D eigenvalue weighted by Crippen LogP contribution is -2.01. The second kappa shape index (κ2) is 4.04. The largest absolute Gasteiger partial charge is 0.324 e. The van der Waals surface area contributed by atoms with Crippen LogP contribution >= 0.6 is 11.6 Å². The van der Waals surface area contributed by atoms with Crippen molar-refractivity contribution >= 4 is 23.2 Å². The molecule has 0 spiro atoms. The van der Waals surface area contributed by atoms with Gasteiger partial charge in [-0.3, -0.25) is 0 Å². The van der Waals surface area contributed by atoms with E-state index < -0.39 is 0 Å². The molecule has 1 aliphatic carbocycles. The highest BCUT2D eigenvalue weighted by Crippen LogP contribution is 2.37. The molecule has 0 amide bonds. The van der Waals surface area contributed by atoms with Gasteiger partial charge in [-0.15, -0.1) is 0 Å². The average Bonchev–Trinajstić information content (AvgIpc) is 3.05. The molecule has 0 bridgehead atoms. The Morgan fingerprint density at radius 3 is 3.00 bits per heavy atom. The summed E-state index contributed by atoms with van der Waals surface area (Å²) in [6.45, 7) is 0. The highest BCUT2D eigenvalue weighted by Gasteiger charge is 2.25. The van der Waals surface area contributed by atoms with E-state index in [1.807, 2.05) is 6.20 Å². The first-order chi connectivity index (χ1) is 8.24. The molecule has 0 unspecified atom stereocenters. The van der Waals surface area contributed by atoms with E-state index in [2.05, 4.69) is 14.9 Å². The van der Waals surface area contributed by atoms with Crippen molar-refractivity contribution in [3.63, 3.8) is 0 Å². The molecule has 1 fully saturated rings. The van der Waals surface area contributed by atoms with Gasteiger partial charge in [0.25, 0.3) is 0 Å². The van der Waals surface area contributed by atoms with Crippen LogP contribution in [0.2, 0.25) is 5.02 Å². The highest BCUT2D eigenvalue weighted by atomic mass is 35.5. The van der Waals surface area contributed by atoms with Crippen LogP contribution in [0.1, 0.15) is 18.9 Å². The number of hydrogen-bond donors (Lipinski definition) is 1. The second-order valence-corrected chi connectivity index (χ2v) is 4.55. The van der Waals surface area contributed by atoms with Crippen LogP contribution in [0.25, 0.3) is 0 Å². The molecule has 0 atom stereocenters. The van der Waals surface area contributed by atoms with Crippen LogP contribution < -0.4 is 5.32 Å². The van der Waals surface area contributed by atoms with E-state index >= 15 is 0 Å². The summed E-state index contributed by atoms with van der Waals surface area (Å²) in [6.07, 6.45) is 5.99. The Bertz CT molecular complexity index is 548. The number of rotatable bonds is 3. The average molecular weight is 252 g/mol. The minimum Gasteiger partial charge on any atom is -0.324 e. The van der Waals surface area contributed by atoms with Crippen LogP contribution in [0.4, 0.5) is 16.0 Å². The fourth-order valence-corrected chi connectivity index (χ4v) is 1.94. The maximum Gasteiger partial charge on any atom is 0.207 e. The Hall–Kier alpha value is -1.55. The van der Waals surface area contributed by atoms with Crippen molar-refractivity contribution in [3.8, 4) is 0 Å². The standard InChI is InChI=1S/C12H11ClFN3/c13-10-4-1-8(14)7-11(10)16-12-15-5-6-17(12)9-2-3-9/h1,4-7,9H,2-3H2,(H,15,16). The Morgan fingerprint density at radius 2 is 2.24 bits per heavy atom. The minimum atomic E-state index is -0.318. The van der Waals surface area contributed by atoms with Crippen molar-refractivity contribution in [3.05, 3.63) is 41.4 Å². The van der Waals surface area contributed by atoms with Crippen LogP contribution in [-0.4, -0.2) is 9.55 Å². The highest BCUT2D eigenvalue weighted by molar-refractivity contribution is 6.33. The summed E-state index contributed by atoms with van der Waals surface area (Å²) in [5.41, 5.74) is 0.541. The van der Waals surface area contributed by atoms with Crippen LogP contribution in [0.3, 0.4) is 0 Å². The normalized spacial score (nSPS) is 14.9. The zero-order chi connectivity index (χ0) is 11.8. The smallest absolute Gasteiger partial charge is 0.207 e. The SMILES string of the molecule is Fc1ccc(Cl)c(Nc2nccn2C2CC2)c1. The van der Waals surface area contributed by atoms with E-state index in [0.29, 0.717) is 22.7 Å². The third-order valence-electron chi connectivity index (χ3n) is 2.78. The van der Waals surface area contributed by atoms with Gasteiger partial charge in [-0.2, -0.15) is 0 Å². The summed E-state index contributed by atoms with van der Waals surface area (Å²) < 4.78 is 15.2. The van der Waals surface area contributed by atoms with Crippen LogP contribution in [-0.2, 0) is 0 Å². The molecular formula is C12H11ClFN3. The van der Waals surface area contributed by atoms with Gasteiger partial charge >= 0.3 is 0 Å². The second-order valence-electron chi connectivity index (χ2n) is 4.14. The van der Waals surface area contributed by atoms with Crippen LogP contribution in [0.5, 0.6) is 0 Å². The van der Waals surface area contributed by atoms with Gasteiger partial charge in [0.2, 0.25) is 5.95 Å². The predicted molar refractivity (Wildman–Crippen MR) is 65.2 cm³/mol. The first kappa shape index (κ1) is 10.6. The van der Waals surface area contributed by atoms with E-state index in [1.165, 1.54) is 31.0 Å². The summed E-state index contributed by atoms with van der Waals surface area (Å²) in [5, 5.41) is 3.55. The van der Waals surface area contributed by atoms with Crippen LogP contribution in [0.15, 0.2) is 30.6 Å². The van der Waals surface area contributed by atoms with Gasteiger partial charge in [-0.05, 0) is 31.0 Å². The molecule has 88 valence electrons. The molecule has 3 rings (SSSR count). The summed E-state index contributed by atoms with van der Waals surface area (Å²) in [6, 6.07) is 4.76. The van der Waals surface area contributed by atoms with E-state index in [4.69, 9.17) is 11.6 Å². The molecule has 0 saturated heterocycles. The topological polar surface area (TPSA) is 29.9 Å². The Labute approximate surface area is 103 Å². The fourth-order valence-electron chi connectivity index (χ4n) is 1.77. The van der Waals surface area contributed by atoms with Gasteiger partial charge in [0, 0.05) is 18.4 Å². The number of aromatic nitrogens is 2. The molecule has 0 aliphatic heterocycles. The molecule has 2 aromatic rings. The van der Waals surface area contributed by atoms with Crippen molar-refractivity contribution in [2.75, 3.05) is 5.32 Å². The van der Waals surface area contributed by atoms with Crippen molar-refractivity contribution in [1.29, 1.82) is 0 Å². The molecular weight excluding hydrogens is 241 g/mol. The van der Waals surface area contributed by atoms with E-state index in [9.17, 15) is 4.39 Å². The number of nitrogens with one attached hydrogen (secondary N) is 1. The molecule has 0 radical (unpaired) electrons. The first-order valence-electron chi connectivity index (χ1n) is 5.49. The molecule has 1 saturated carbocycles.